The summed E-state index contributed by atoms with van der Waals surface area (Å²) in [5.74, 6) is -0.268. The highest BCUT2D eigenvalue weighted by molar-refractivity contribution is 6.74. The summed E-state index contributed by atoms with van der Waals surface area (Å²) >= 11 is 0. The maximum atomic E-state index is 11.5. The van der Waals surface area contributed by atoms with Crippen LogP contribution in [0.5, 0.6) is 0 Å². The molecule has 0 saturated heterocycles. The molecule has 0 bridgehead atoms. The van der Waals surface area contributed by atoms with Gasteiger partial charge >= 0.3 is 5.97 Å². The van der Waals surface area contributed by atoms with Crippen LogP contribution in [0.3, 0.4) is 0 Å². The third-order valence-electron chi connectivity index (χ3n) is 3.98. The predicted molar refractivity (Wildman–Crippen MR) is 75.6 cm³/mol. The molecular weight excluding hydrogens is 246 g/mol. The van der Waals surface area contributed by atoms with Crippen LogP contribution >= 0.6 is 0 Å². The molecule has 18 heavy (non-hydrogen) atoms. The molecule has 0 aromatic carbocycles. The second-order valence-electron chi connectivity index (χ2n) is 6.41. The van der Waals surface area contributed by atoms with Crippen LogP contribution in [0.4, 0.5) is 0 Å². The first-order chi connectivity index (χ1) is 8.08. The lowest BCUT2D eigenvalue weighted by Gasteiger charge is -2.38. The molecule has 0 saturated carbocycles. The molecule has 104 valence electrons. The topological polar surface area (TPSA) is 47.9 Å². The number of nitrogens with zero attached hydrogens (tertiary/aromatic N) is 1. The third kappa shape index (κ3) is 3.20. The molecule has 0 N–H and O–H groups in total. The van der Waals surface area contributed by atoms with E-state index in [1.54, 1.807) is 0 Å². The van der Waals surface area contributed by atoms with Gasteiger partial charge in [-0.05, 0) is 25.1 Å². The van der Waals surface area contributed by atoms with Crippen LogP contribution in [-0.4, -0.2) is 39.3 Å². The van der Waals surface area contributed by atoms with E-state index in [9.17, 15) is 4.79 Å². The lowest BCUT2D eigenvalue weighted by Crippen LogP contribution is -2.45. The van der Waals surface area contributed by atoms with Crippen molar-refractivity contribution < 1.29 is 14.0 Å². The van der Waals surface area contributed by atoms with E-state index in [4.69, 9.17) is 9.16 Å². The third-order valence-corrected chi connectivity index (χ3v) is 8.47. The highest BCUT2D eigenvalue weighted by atomic mass is 28.4. The standard InChI is InChI=1S/C13H25NO3Si/c1-9-11(8-10(14-9)12(15)16-5)17-18(6,7)13(2,3)4/h10-11H,8H2,1-7H3. The zero-order valence-electron chi connectivity index (χ0n) is 12.5. The number of carbonyl (C=O) groups excluding carboxylic acids is 1. The van der Waals surface area contributed by atoms with E-state index in [1.807, 2.05) is 6.92 Å². The molecule has 1 aliphatic heterocycles. The molecule has 0 spiro atoms. The van der Waals surface area contributed by atoms with Gasteiger partial charge in [0.2, 0.25) is 0 Å². The van der Waals surface area contributed by atoms with Crippen molar-refractivity contribution in [2.24, 2.45) is 4.99 Å². The number of esters is 1. The Morgan fingerprint density at radius 3 is 2.39 bits per heavy atom. The molecular formula is C13H25NO3Si. The van der Waals surface area contributed by atoms with Crippen LogP contribution < -0.4 is 0 Å². The maximum absolute atomic E-state index is 11.5. The average Bonchev–Trinajstić information content (AvgIpc) is 2.57. The molecule has 0 aromatic rings. The fourth-order valence-electron chi connectivity index (χ4n) is 1.71. The molecule has 0 aliphatic carbocycles. The van der Waals surface area contributed by atoms with Crippen LogP contribution in [0.25, 0.3) is 0 Å². The lowest BCUT2D eigenvalue weighted by atomic mass is 10.1. The predicted octanol–water partition coefficient (Wildman–Crippen LogP) is 2.78. The molecule has 0 radical (unpaired) electrons. The Kier molecular flexibility index (Phi) is 4.38. The zero-order chi connectivity index (χ0) is 14.1. The van der Waals surface area contributed by atoms with Crippen molar-refractivity contribution in [2.75, 3.05) is 7.11 Å². The van der Waals surface area contributed by atoms with Crippen LogP contribution in [0.15, 0.2) is 4.99 Å². The molecule has 0 fully saturated rings. The van der Waals surface area contributed by atoms with E-state index >= 15 is 0 Å². The quantitative estimate of drug-likeness (QED) is 0.586. The molecule has 5 heteroatoms. The van der Waals surface area contributed by atoms with Gasteiger partial charge in [0.1, 0.15) is 6.04 Å². The molecule has 1 heterocycles. The highest BCUT2D eigenvalue weighted by Gasteiger charge is 2.42. The first-order valence-electron chi connectivity index (χ1n) is 6.38. The van der Waals surface area contributed by atoms with Crippen LogP contribution in [-0.2, 0) is 14.0 Å². The Hall–Kier alpha value is -0.683. The van der Waals surface area contributed by atoms with Crippen LogP contribution in [0, 0.1) is 0 Å². The summed E-state index contributed by atoms with van der Waals surface area (Å²) in [4.78, 5) is 15.8. The van der Waals surface area contributed by atoms with E-state index < -0.39 is 8.32 Å². The minimum atomic E-state index is -1.82. The summed E-state index contributed by atoms with van der Waals surface area (Å²) in [5, 5.41) is 0.163. The van der Waals surface area contributed by atoms with Crippen molar-refractivity contribution in [3.05, 3.63) is 0 Å². The fraction of sp³-hybridized carbons (Fsp3) is 0.846. The van der Waals surface area contributed by atoms with Crippen molar-refractivity contribution in [3.8, 4) is 0 Å². The van der Waals surface area contributed by atoms with E-state index in [0.717, 1.165) is 5.71 Å². The Morgan fingerprint density at radius 2 is 1.94 bits per heavy atom. The summed E-state index contributed by atoms with van der Waals surface area (Å²) in [5.41, 5.74) is 0.912. The molecule has 2 atom stereocenters. The number of rotatable bonds is 3. The van der Waals surface area contributed by atoms with Gasteiger partial charge in [-0.15, -0.1) is 0 Å². The van der Waals surface area contributed by atoms with Crippen LogP contribution in [0.1, 0.15) is 34.1 Å². The SMILES string of the molecule is COC(=O)C1CC(O[Si](C)(C)C(C)(C)C)C(C)=N1. The minimum Gasteiger partial charge on any atom is -0.467 e. The average molecular weight is 271 g/mol. The first-order valence-corrected chi connectivity index (χ1v) is 9.29. The van der Waals surface area contributed by atoms with Gasteiger partial charge in [-0.1, -0.05) is 20.8 Å². The Balaban J connectivity index is 2.73. The Labute approximate surface area is 111 Å². The van der Waals surface area contributed by atoms with E-state index in [-0.39, 0.29) is 23.2 Å². The Bertz CT molecular complexity index is 358. The number of aliphatic imine (C=N–C) groups is 1. The van der Waals surface area contributed by atoms with Crippen molar-refractivity contribution in [2.45, 2.75) is 64.4 Å². The van der Waals surface area contributed by atoms with Gasteiger partial charge in [-0.25, -0.2) is 4.79 Å². The largest absolute Gasteiger partial charge is 0.467 e. The van der Waals surface area contributed by atoms with E-state index in [2.05, 4.69) is 38.9 Å². The molecule has 1 rings (SSSR count). The van der Waals surface area contributed by atoms with Gasteiger partial charge in [0.25, 0.3) is 0 Å². The zero-order valence-corrected chi connectivity index (χ0v) is 13.5. The molecule has 0 amide bonds. The van der Waals surface area contributed by atoms with Crippen molar-refractivity contribution in [3.63, 3.8) is 0 Å². The summed E-state index contributed by atoms with van der Waals surface area (Å²) < 4.78 is 11.0. The van der Waals surface area contributed by atoms with Gasteiger partial charge in [0, 0.05) is 12.1 Å². The van der Waals surface area contributed by atoms with Gasteiger partial charge in [0.05, 0.1) is 13.2 Å². The van der Waals surface area contributed by atoms with Gasteiger partial charge in [-0.3, -0.25) is 4.99 Å². The normalized spacial score (nSPS) is 24.9. The van der Waals surface area contributed by atoms with Crippen molar-refractivity contribution >= 4 is 20.0 Å². The van der Waals surface area contributed by atoms with E-state index in [1.165, 1.54) is 7.11 Å². The summed E-state index contributed by atoms with van der Waals surface area (Å²) in [6.07, 6.45) is 0.584. The summed E-state index contributed by atoms with van der Waals surface area (Å²) in [7, 11) is -0.421. The van der Waals surface area contributed by atoms with Crippen molar-refractivity contribution in [1.82, 2.24) is 0 Å². The molecule has 2 unspecified atom stereocenters. The number of hydrogen-bond donors (Lipinski definition) is 0. The highest BCUT2D eigenvalue weighted by Crippen LogP contribution is 2.38. The van der Waals surface area contributed by atoms with Gasteiger partial charge in [0.15, 0.2) is 8.32 Å². The smallest absolute Gasteiger partial charge is 0.330 e. The first kappa shape index (κ1) is 15.4. The minimum absolute atomic E-state index is 0.0324. The summed E-state index contributed by atoms with van der Waals surface area (Å²) in [6.45, 7) is 13.0. The number of carbonyl (C=O) groups is 1. The fourth-order valence-corrected chi connectivity index (χ4v) is 3.04. The molecule has 4 nitrogen and oxygen atoms in total. The lowest BCUT2D eigenvalue weighted by molar-refractivity contribution is -0.142. The van der Waals surface area contributed by atoms with Gasteiger partial charge in [-0.2, -0.15) is 0 Å². The summed E-state index contributed by atoms with van der Waals surface area (Å²) in [6, 6.07) is -0.384. The number of ether oxygens (including phenoxy) is 1. The maximum Gasteiger partial charge on any atom is 0.330 e. The number of methoxy groups -OCH3 is 1. The second-order valence-corrected chi connectivity index (χ2v) is 11.2. The van der Waals surface area contributed by atoms with E-state index in [0.29, 0.717) is 6.42 Å². The number of hydrogen-bond acceptors (Lipinski definition) is 4. The van der Waals surface area contributed by atoms with Gasteiger partial charge < -0.3 is 9.16 Å². The van der Waals surface area contributed by atoms with Crippen LogP contribution in [0.2, 0.25) is 18.1 Å². The second kappa shape index (κ2) is 5.13. The molecule has 1 aliphatic rings. The Morgan fingerprint density at radius 1 is 1.39 bits per heavy atom. The monoisotopic (exact) mass is 271 g/mol. The molecule has 0 aromatic heterocycles. The van der Waals surface area contributed by atoms with Crippen molar-refractivity contribution in [1.29, 1.82) is 0 Å².